The number of imidazole rings is 1. The lowest BCUT2D eigenvalue weighted by Crippen LogP contribution is -2.58. The number of piperazine rings is 1. The number of H-pyrrole nitrogens is 2. The van der Waals surface area contributed by atoms with Crippen molar-refractivity contribution in [3.63, 3.8) is 0 Å². The number of hydrogen-bond donors (Lipinski definition) is 6. The number of piperidine rings is 1. The normalized spacial score (nSPS) is 17.5. The molecule has 7 rings (SSSR count). The number of hydrogen-bond acceptors (Lipinski definition) is 9. The molecule has 0 aliphatic carbocycles. The van der Waals surface area contributed by atoms with E-state index in [1.807, 2.05) is 9.80 Å². The van der Waals surface area contributed by atoms with Crippen molar-refractivity contribution in [3.05, 3.63) is 82.3 Å². The molecule has 0 spiro atoms. The predicted molar refractivity (Wildman–Crippen MR) is 203 cm³/mol. The monoisotopic (exact) mass is 808 g/mol. The molecule has 3 aliphatic heterocycles. The molecular formula is C39H44F4N10O5. The van der Waals surface area contributed by atoms with Gasteiger partial charge in [0.25, 0.3) is 11.8 Å². The van der Waals surface area contributed by atoms with E-state index >= 15 is 0 Å². The number of nitrogens with two attached hydrogens (primary N) is 1. The highest BCUT2D eigenvalue weighted by Gasteiger charge is 2.42. The number of amides is 3. The number of aromatic nitrogens is 4. The predicted octanol–water partition coefficient (Wildman–Crippen LogP) is 3.61. The van der Waals surface area contributed by atoms with Gasteiger partial charge < -0.3 is 36.3 Å². The third kappa shape index (κ3) is 8.69. The van der Waals surface area contributed by atoms with E-state index in [2.05, 4.69) is 30.8 Å². The summed E-state index contributed by atoms with van der Waals surface area (Å²) in [6, 6.07) is 8.39. The van der Waals surface area contributed by atoms with Gasteiger partial charge in [-0.05, 0) is 99.7 Å². The number of alkyl halides is 3. The summed E-state index contributed by atoms with van der Waals surface area (Å²) in [5.74, 6) is -2.40. The molecule has 1 unspecified atom stereocenters. The molecule has 0 saturated carbocycles. The Balaban J connectivity index is 0.955. The highest BCUT2D eigenvalue weighted by molar-refractivity contribution is 6.02. The van der Waals surface area contributed by atoms with Gasteiger partial charge in [-0.1, -0.05) is 0 Å². The first-order chi connectivity index (χ1) is 27.7. The van der Waals surface area contributed by atoms with Crippen LogP contribution in [0.3, 0.4) is 0 Å². The van der Waals surface area contributed by atoms with Gasteiger partial charge in [0.1, 0.15) is 5.82 Å². The minimum absolute atomic E-state index is 0.00238. The third-order valence-electron chi connectivity index (χ3n) is 11.3. The Hall–Kier alpha value is -5.82. The summed E-state index contributed by atoms with van der Waals surface area (Å²) in [6.45, 7) is 6.09. The smallest absolute Gasteiger partial charge is 0.435 e. The number of carboxylic acid groups (broad SMARTS) is 1. The Kier molecular flexibility index (Phi) is 11.5. The quantitative estimate of drug-likeness (QED) is 0.0960. The fraction of sp³-hybridized carbons (Fsp3) is 0.436. The van der Waals surface area contributed by atoms with Gasteiger partial charge in [0.05, 0.1) is 12.2 Å². The zero-order valence-electron chi connectivity index (χ0n) is 31.7. The summed E-state index contributed by atoms with van der Waals surface area (Å²) >= 11 is 0. The maximum atomic E-state index is 14.7. The summed E-state index contributed by atoms with van der Waals surface area (Å²) in [5.41, 5.74) is 5.29. The van der Waals surface area contributed by atoms with Crippen LogP contribution < -0.4 is 16.4 Å². The minimum atomic E-state index is -4.85. The van der Waals surface area contributed by atoms with E-state index in [-0.39, 0.29) is 70.1 Å². The number of carbonyl (C=O) groups excluding carboxylic acids is 3. The molecular weight excluding hydrogens is 764 g/mol. The van der Waals surface area contributed by atoms with Crippen molar-refractivity contribution >= 4 is 35.1 Å². The zero-order valence-corrected chi connectivity index (χ0v) is 31.7. The number of aromatic amines is 2. The number of aryl methyl sites for hydroxylation is 1. The van der Waals surface area contributed by atoms with E-state index in [1.54, 1.807) is 30.0 Å². The van der Waals surface area contributed by atoms with Crippen LogP contribution in [0.25, 0.3) is 11.3 Å². The second-order valence-electron chi connectivity index (χ2n) is 15.1. The summed E-state index contributed by atoms with van der Waals surface area (Å²) in [7, 11) is 0. The average Bonchev–Trinajstić information content (AvgIpc) is 3.81. The van der Waals surface area contributed by atoms with Gasteiger partial charge in [0.15, 0.2) is 11.5 Å². The summed E-state index contributed by atoms with van der Waals surface area (Å²) < 4.78 is 56.4. The third-order valence-corrected chi connectivity index (χ3v) is 11.3. The SMILES string of the molecule is Cc1cc(NC(=O)c2ncc(Cc3c(C(F)(F)F)n[nH]c3-c3ccc(N)cc3F)[nH]2)ccc1C(=O)N1CCN(C(=O)C(C2CCN(CC(=O)O)CC2)C2CNC2)CC1. The standard InChI is InChI=1S/C39H44F4N10O5/c1-21-14-25(48-36(56)35-46-19-26(47-35)16-29-33(49-50-34(29)39(41,42)43)28-4-2-24(44)15-30(28)40)3-5-27(21)37(57)52-10-12-53(13-11-52)38(58)32(23-17-45-18-23)22-6-8-51(9-7-22)20-31(54)55/h2-5,14-15,19,22-23,32,45H,6-13,16-18,20,44H2,1H3,(H,46,47)(H,48,56)(H,49,50)(H,54,55). The maximum absolute atomic E-state index is 14.7. The van der Waals surface area contributed by atoms with Crippen molar-refractivity contribution in [2.24, 2.45) is 17.8 Å². The van der Waals surface area contributed by atoms with Crippen molar-refractivity contribution in [1.29, 1.82) is 0 Å². The lowest BCUT2D eigenvalue weighted by molar-refractivity contribution is -0.144. The molecule has 0 bridgehead atoms. The molecule has 1 atom stereocenters. The molecule has 3 fully saturated rings. The molecule has 3 saturated heterocycles. The number of nitrogens with one attached hydrogen (secondary N) is 4. The van der Waals surface area contributed by atoms with E-state index in [9.17, 15) is 36.7 Å². The van der Waals surface area contributed by atoms with Crippen LogP contribution in [0.4, 0.5) is 28.9 Å². The number of aliphatic carboxylic acids is 1. The van der Waals surface area contributed by atoms with Crippen LogP contribution in [0.2, 0.25) is 0 Å². The molecule has 3 amide bonds. The van der Waals surface area contributed by atoms with Crippen molar-refractivity contribution in [2.45, 2.75) is 32.4 Å². The fourth-order valence-electron chi connectivity index (χ4n) is 8.18. The van der Waals surface area contributed by atoms with Gasteiger partial charge in [-0.2, -0.15) is 18.3 Å². The van der Waals surface area contributed by atoms with Crippen LogP contribution in [-0.4, -0.2) is 123 Å². The van der Waals surface area contributed by atoms with E-state index in [1.165, 1.54) is 18.3 Å². The Labute approximate surface area is 330 Å². The lowest BCUT2D eigenvalue weighted by Gasteiger charge is -2.45. The summed E-state index contributed by atoms with van der Waals surface area (Å²) in [6.07, 6.45) is -2.51. The van der Waals surface area contributed by atoms with Crippen LogP contribution in [0.1, 0.15) is 56.3 Å². The Bertz CT molecular complexity index is 2190. The number of carboxylic acids is 1. The number of benzene rings is 2. The molecule has 3 aliphatic rings. The largest absolute Gasteiger partial charge is 0.480 e. The summed E-state index contributed by atoms with van der Waals surface area (Å²) in [4.78, 5) is 64.1. The number of halogens is 4. The number of nitrogens with zero attached hydrogens (tertiary/aromatic N) is 5. The van der Waals surface area contributed by atoms with Gasteiger partial charge in [-0.15, -0.1) is 0 Å². The average molecular weight is 809 g/mol. The Morgan fingerprint density at radius 3 is 2.31 bits per heavy atom. The molecule has 58 heavy (non-hydrogen) atoms. The van der Waals surface area contributed by atoms with Crippen molar-refractivity contribution in [1.82, 2.24) is 40.2 Å². The molecule has 308 valence electrons. The fourth-order valence-corrected chi connectivity index (χ4v) is 8.18. The molecule has 15 nitrogen and oxygen atoms in total. The second-order valence-corrected chi connectivity index (χ2v) is 15.1. The Morgan fingerprint density at radius 1 is 0.983 bits per heavy atom. The molecule has 5 heterocycles. The van der Waals surface area contributed by atoms with Crippen LogP contribution in [0.5, 0.6) is 0 Å². The van der Waals surface area contributed by atoms with Crippen LogP contribution in [0.15, 0.2) is 42.6 Å². The van der Waals surface area contributed by atoms with E-state index < -0.39 is 36.0 Å². The van der Waals surface area contributed by atoms with Crippen molar-refractivity contribution in [3.8, 4) is 11.3 Å². The first-order valence-corrected chi connectivity index (χ1v) is 19.0. The van der Waals surface area contributed by atoms with Crippen molar-refractivity contribution < 1.29 is 41.8 Å². The van der Waals surface area contributed by atoms with Gasteiger partial charge >= 0.3 is 12.1 Å². The topological polar surface area (TPSA) is 206 Å². The van der Waals surface area contributed by atoms with E-state index in [0.717, 1.165) is 32.0 Å². The molecule has 2 aromatic carbocycles. The second kappa shape index (κ2) is 16.6. The first kappa shape index (κ1) is 40.4. The Morgan fingerprint density at radius 2 is 1.69 bits per heavy atom. The highest BCUT2D eigenvalue weighted by Crippen LogP contribution is 2.38. The molecule has 19 heteroatoms. The van der Waals surface area contributed by atoms with Crippen molar-refractivity contribution in [2.75, 3.05) is 70.0 Å². The minimum Gasteiger partial charge on any atom is -0.480 e. The first-order valence-electron chi connectivity index (χ1n) is 19.0. The number of carbonyl (C=O) groups is 4. The molecule has 7 N–H and O–H groups in total. The lowest BCUT2D eigenvalue weighted by atomic mass is 9.73. The van der Waals surface area contributed by atoms with Gasteiger partial charge in [0, 0.05) is 78.5 Å². The number of anilines is 2. The van der Waals surface area contributed by atoms with Gasteiger partial charge in [-0.3, -0.25) is 29.2 Å². The molecule has 2 aromatic heterocycles. The molecule has 0 radical (unpaired) electrons. The van der Waals surface area contributed by atoms with Crippen LogP contribution in [-0.2, 0) is 22.2 Å². The van der Waals surface area contributed by atoms with E-state index in [4.69, 9.17) is 10.8 Å². The molecule has 4 aromatic rings. The van der Waals surface area contributed by atoms with Gasteiger partial charge in [-0.25, -0.2) is 9.37 Å². The highest BCUT2D eigenvalue weighted by atomic mass is 19.4. The number of nitrogen functional groups attached to an aromatic ring is 1. The summed E-state index contributed by atoms with van der Waals surface area (Å²) in [5, 5.41) is 20.8. The van der Waals surface area contributed by atoms with Gasteiger partial charge in [0.2, 0.25) is 5.91 Å². The number of rotatable bonds is 11. The van der Waals surface area contributed by atoms with Crippen LogP contribution >= 0.6 is 0 Å². The maximum Gasteiger partial charge on any atom is 0.435 e. The van der Waals surface area contributed by atoms with E-state index in [0.29, 0.717) is 56.1 Å². The van der Waals surface area contributed by atoms with Crippen LogP contribution in [0, 0.1) is 30.5 Å². The number of likely N-dealkylation sites (tertiary alicyclic amines) is 1. The zero-order chi connectivity index (χ0) is 41.3.